The van der Waals surface area contributed by atoms with Gasteiger partial charge in [-0.3, -0.25) is 5.10 Å². The van der Waals surface area contributed by atoms with Crippen molar-refractivity contribution in [3.05, 3.63) is 22.9 Å². The Morgan fingerprint density at radius 3 is 2.88 bits per heavy atom. The van der Waals surface area contributed by atoms with E-state index in [1.54, 1.807) is 0 Å². The fourth-order valence-electron chi connectivity index (χ4n) is 1.10. The zero-order valence-corrected chi connectivity index (χ0v) is 10.4. The van der Waals surface area contributed by atoms with Gasteiger partial charge in [-0.15, -0.1) is 0 Å². The Balaban J connectivity index is 2.36. The highest BCUT2D eigenvalue weighted by atomic mass is 35.5. The van der Waals surface area contributed by atoms with Crippen LogP contribution in [0.2, 0.25) is 5.15 Å². The van der Waals surface area contributed by atoms with Crippen molar-refractivity contribution in [3.8, 4) is 0 Å². The third-order valence-corrected chi connectivity index (χ3v) is 3.34. The molecule has 0 radical (unpaired) electrons. The summed E-state index contributed by atoms with van der Waals surface area (Å²) in [5.41, 5.74) is 0.861. The molecule has 2 heterocycles. The average Bonchev–Trinajstić information content (AvgIpc) is 2.77. The molecule has 16 heavy (non-hydrogen) atoms. The summed E-state index contributed by atoms with van der Waals surface area (Å²) in [6.45, 7) is 3.88. The molecular formula is C9H10ClN5S. The van der Waals surface area contributed by atoms with E-state index in [2.05, 4.69) is 25.1 Å². The molecule has 0 saturated carbocycles. The van der Waals surface area contributed by atoms with E-state index in [1.165, 1.54) is 18.1 Å². The first kappa shape index (κ1) is 11.3. The van der Waals surface area contributed by atoms with Crippen LogP contribution in [0.4, 0.5) is 0 Å². The Morgan fingerprint density at radius 1 is 1.44 bits per heavy atom. The summed E-state index contributed by atoms with van der Waals surface area (Å²) >= 11 is 7.43. The van der Waals surface area contributed by atoms with Gasteiger partial charge in [0, 0.05) is 12.0 Å². The number of halogens is 1. The van der Waals surface area contributed by atoms with Gasteiger partial charge in [0.1, 0.15) is 22.3 Å². The predicted octanol–water partition coefficient (Wildman–Crippen LogP) is 2.27. The third-order valence-electron chi connectivity index (χ3n) is 1.99. The van der Waals surface area contributed by atoms with Crippen LogP contribution in [-0.4, -0.2) is 25.1 Å². The zero-order valence-electron chi connectivity index (χ0n) is 8.86. The average molecular weight is 256 g/mol. The lowest BCUT2D eigenvalue weighted by Gasteiger charge is -2.05. The van der Waals surface area contributed by atoms with Crippen molar-refractivity contribution in [2.75, 3.05) is 0 Å². The maximum absolute atomic E-state index is 6.03. The second-order valence-corrected chi connectivity index (χ2v) is 4.44. The molecule has 1 N–H and O–H groups in total. The number of nitrogens with one attached hydrogen (secondary N) is 1. The molecule has 0 amide bonds. The molecule has 0 aliphatic heterocycles. The van der Waals surface area contributed by atoms with Crippen molar-refractivity contribution in [2.45, 2.75) is 30.5 Å². The Morgan fingerprint density at radius 2 is 2.25 bits per heavy atom. The van der Waals surface area contributed by atoms with Crippen molar-refractivity contribution in [1.82, 2.24) is 25.1 Å². The van der Waals surface area contributed by atoms with Gasteiger partial charge in [-0.25, -0.2) is 15.0 Å². The number of H-pyrrole nitrogens is 1. The minimum atomic E-state index is 0.494. The number of aromatic nitrogens is 5. The molecule has 2 aromatic heterocycles. The highest BCUT2D eigenvalue weighted by molar-refractivity contribution is 7.99. The van der Waals surface area contributed by atoms with Gasteiger partial charge in [-0.1, -0.05) is 18.5 Å². The van der Waals surface area contributed by atoms with Crippen molar-refractivity contribution in [2.24, 2.45) is 0 Å². The number of hydrogen-bond donors (Lipinski definition) is 1. The second kappa shape index (κ2) is 4.80. The summed E-state index contributed by atoms with van der Waals surface area (Å²) in [4.78, 5) is 12.6. The van der Waals surface area contributed by atoms with E-state index >= 15 is 0 Å². The van der Waals surface area contributed by atoms with Gasteiger partial charge in [0.2, 0.25) is 0 Å². The van der Waals surface area contributed by atoms with E-state index in [0.717, 1.165) is 22.8 Å². The molecule has 5 nitrogen and oxygen atoms in total. The third kappa shape index (κ3) is 2.33. The summed E-state index contributed by atoms with van der Waals surface area (Å²) in [6.07, 6.45) is 2.21. The fraction of sp³-hybridized carbons (Fsp3) is 0.333. The first-order valence-corrected chi connectivity index (χ1v) is 5.96. The summed E-state index contributed by atoms with van der Waals surface area (Å²) in [5.74, 6) is 0.734. The highest BCUT2D eigenvalue weighted by Crippen LogP contribution is 2.28. The van der Waals surface area contributed by atoms with Crippen molar-refractivity contribution < 1.29 is 0 Å². The van der Waals surface area contributed by atoms with Gasteiger partial charge >= 0.3 is 0 Å². The SMILES string of the molecule is CCc1nc(Cl)c(C)c(Sc2ncn[nH]2)n1. The molecule has 2 rings (SSSR count). The van der Waals surface area contributed by atoms with Crippen LogP contribution in [-0.2, 0) is 6.42 Å². The van der Waals surface area contributed by atoms with Gasteiger partial charge in [0.25, 0.3) is 0 Å². The Hall–Kier alpha value is -1.14. The Kier molecular flexibility index (Phi) is 3.40. The molecule has 0 atom stereocenters. The van der Waals surface area contributed by atoms with E-state index in [1.807, 2.05) is 13.8 Å². The summed E-state index contributed by atoms with van der Waals surface area (Å²) < 4.78 is 0. The largest absolute Gasteiger partial charge is 0.254 e. The van der Waals surface area contributed by atoms with E-state index in [4.69, 9.17) is 11.6 Å². The van der Waals surface area contributed by atoms with Crippen LogP contribution < -0.4 is 0 Å². The summed E-state index contributed by atoms with van der Waals surface area (Å²) in [6, 6.07) is 0. The normalized spacial score (nSPS) is 10.7. The maximum atomic E-state index is 6.03. The van der Waals surface area contributed by atoms with Crippen molar-refractivity contribution in [3.63, 3.8) is 0 Å². The standard InChI is InChI=1S/C9H10ClN5S/c1-3-6-13-7(10)5(2)8(14-6)16-9-11-4-12-15-9/h4H,3H2,1-2H3,(H,11,12,15). The van der Waals surface area contributed by atoms with Crippen molar-refractivity contribution >= 4 is 23.4 Å². The quantitative estimate of drug-likeness (QED) is 0.853. The van der Waals surface area contributed by atoms with Crippen molar-refractivity contribution in [1.29, 1.82) is 0 Å². The molecular weight excluding hydrogens is 246 g/mol. The van der Waals surface area contributed by atoms with Gasteiger partial charge < -0.3 is 0 Å². The van der Waals surface area contributed by atoms with E-state index in [-0.39, 0.29) is 0 Å². The first-order valence-electron chi connectivity index (χ1n) is 4.77. The minimum Gasteiger partial charge on any atom is -0.254 e. The number of aryl methyl sites for hydroxylation is 1. The number of nitrogens with zero attached hydrogens (tertiary/aromatic N) is 4. The van der Waals surface area contributed by atoms with Crippen LogP contribution in [0.3, 0.4) is 0 Å². The monoisotopic (exact) mass is 255 g/mol. The number of hydrogen-bond acceptors (Lipinski definition) is 5. The lowest BCUT2D eigenvalue weighted by atomic mass is 10.3. The van der Waals surface area contributed by atoms with Gasteiger partial charge in [-0.05, 0) is 18.7 Å². The molecule has 0 unspecified atom stereocenters. The number of aromatic amines is 1. The Labute approximate surface area is 102 Å². The fourth-order valence-corrected chi connectivity index (χ4v) is 2.13. The van der Waals surface area contributed by atoms with E-state index < -0.39 is 0 Å². The molecule has 7 heteroatoms. The van der Waals surface area contributed by atoms with E-state index in [0.29, 0.717) is 10.3 Å². The molecule has 0 bridgehead atoms. The van der Waals surface area contributed by atoms with Crippen LogP contribution >= 0.6 is 23.4 Å². The van der Waals surface area contributed by atoms with Crippen LogP contribution in [0.25, 0.3) is 0 Å². The molecule has 0 aliphatic carbocycles. The molecule has 0 aliphatic rings. The summed E-state index contributed by atoms with van der Waals surface area (Å²) in [5, 5.41) is 8.55. The smallest absolute Gasteiger partial charge is 0.189 e. The number of rotatable bonds is 3. The molecule has 0 saturated heterocycles. The maximum Gasteiger partial charge on any atom is 0.189 e. The van der Waals surface area contributed by atoms with Crippen LogP contribution in [0.1, 0.15) is 18.3 Å². The lowest BCUT2D eigenvalue weighted by Crippen LogP contribution is -1.98. The highest BCUT2D eigenvalue weighted by Gasteiger charge is 2.11. The molecule has 0 fully saturated rings. The molecule has 0 spiro atoms. The molecule has 2 aromatic rings. The van der Waals surface area contributed by atoms with Gasteiger partial charge in [0.05, 0.1) is 0 Å². The topological polar surface area (TPSA) is 67.3 Å². The lowest BCUT2D eigenvalue weighted by molar-refractivity contribution is 0.867. The van der Waals surface area contributed by atoms with Gasteiger partial charge in [0.15, 0.2) is 5.16 Å². The summed E-state index contributed by atoms with van der Waals surface area (Å²) in [7, 11) is 0. The van der Waals surface area contributed by atoms with E-state index in [9.17, 15) is 0 Å². The minimum absolute atomic E-state index is 0.494. The van der Waals surface area contributed by atoms with Crippen LogP contribution in [0, 0.1) is 6.92 Å². The predicted molar refractivity (Wildman–Crippen MR) is 61.7 cm³/mol. The molecule has 0 aromatic carbocycles. The zero-order chi connectivity index (χ0) is 11.5. The van der Waals surface area contributed by atoms with Gasteiger partial charge in [-0.2, -0.15) is 5.10 Å². The first-order chi connectivity index (χ1) is 7.70. The second-order valence-electron chi connectivity index (χ2n) is 3.11. The Bertz CT molecular complexity index is 485. The molecule has 84 valence electrons. The van der Waals surface area contributed by atoms with Crippen LogP contribution in [0.15, 0.2) is 16.5 Å². The van der Waals surface area contributed by atoms with Crippen LogP contribution in [0.5, 0.6) is 0 Å².